The van der Waals surface area contributed by atoms with E-state index in [4.69, 9.17) is 9.97 Å². The SMILES string of the molecule is c1ccc(-c2ccc(-c3cc(-c4cccc(-c5cccc(-c6ccccc6)c5)c4)nc(-c4cccnc4)n3)cc2)cc1. The van der Waals surface area contributed by atoms with Gasteiger partial charge in [-0.1, -0.05) is 121 Å². The van der Waals surface area contributed by atoms with Gasteiger partial charge in [-0.15, -0.1) is 0 Å². The molecule has 0 aliphatic rings. The average Bonchev–Trinajstić information content (AvgIpc) is 3.09. The van der Waals surface area contributed by atoms with Gasteiger partial charge in [0.1, 0.15) is 0 Å². The Hall–Kier alpha value is -5.67. The zero-order chi connectivity index (χ0) is 28.1. The highest BCUT2D eigenvalue weighted by molar-refractivity contribution is 5.78. The third-order valence-electron chi connectivity index (χ3n) is 7.40. The molecule has 3 heteroatoms. The van der Waals surface area contributed by atoms with E-state index in [1.807, 2.05) is 30.5 Å². The Bertz CT molecular complexity index is 1950. The number of pyridine rings is 1. The van der Waals surface area contributed by atoms with E-state index in [9.17, 15) is 0 Å². The van der Waals surface area contributed by atoms with E-state index in [2.05, 4.69) is 132 Å². The van der Waals surface area contributed by atoms with Crippen molar-refractivity contribution >= 4 is 0 Å². The van der Waals surface area contributed by atoms with Crippen molar-refractivity contribution in [3.05, 3.63) is 164 Å². The molecule has 5 aromatic carbocycles. The summed E-state index contributed by atoms with van der Waals surface area (Å²) in [7, 11) is 0. The van der Waals surface area contributed by atoms with E-state index in [-0.39, 0.29) is 0 Å². The van der Waals surface area contributed by atoms with Crippen LogP contribution in [0, 0.1) is 0 Å². The molecule has 0 saturated carbocycles. The maximum Gasteiger partial charge on any atom is 0.161 e. The largest absolute Gasteiger partial charge is 0.264 e. The minimum Gasteiger partial charge on any atom is -0.264 e. The highest BCUT2D eigenvalue weighted by Crippen LogP contribution is 2.32. The van der Waals surface area contributed by atoms with Gasteiger partial charge in [-0.05, 0) is 63.7 Å². The van der Waals surface area contributed by atoms with Crippen LogP contribution in [-0.4, -0.2) is 15.0 Å². The number of hydrogen-bond donors (Lipinski definition) is 0. The lowest BCUT2D eigenvalue weighted by Crippen LogP contribution is -1.96. The van der Waals surface area contributed by atoms with Crippen molar-refractivity contribution in [3.8, 4) is 67.3 Å². The van der Waals surface area contributed by atoms with Gasteiger partial charge in [0.15, 0.2) is 5.82 Å². The first-order valence-corrected chi connectivity index (χ1v) is 14.0. The summed E-state index contributed by atoms with van der Waals surface area (Å²) in [6, 6.07) is 52.7. The molecule has 0 bridgehead atoms. The quantitative estimate of drug-likeness (QED) is 0.212. The Morgan fingerprint density at radius 2 is 0.762 bits per heavy atom. The Morgan fingerprint density at radius 1 is 0.310 bits per heavy atom. The van der Waals surface area contributed by atoms with Crippen LogP contribution in [0.15, 0.2) is 164 Å². The molecule has 0 atom stereocenters. The smallest absolute Gasteiger partial charge is 0.161 e. The molecule has 7 rings (SSSR count). The summed E-state index contributed by atoms with van der Waals surface area (Å²) in [5.41, 5.74) is 11.8. The van der Waals surface area contributed by atoms with Crippen molar-refractivity contribution in [3.63, 3.8) is 0 Å². The third-order valence-corrected chi connectivity index (χ3v) is 7.40. The molecule has 2 aromatic heterocycles. The highest BCUT2D eigenvalue weighted by Gasteiger charge is 2.12. The van der Waals surface area contributed by atoms with E-state index in [1.165, 1.54) is 22.3 Å². The summed E-state index contributed by atoms with van der Waals surface area (Å²) in [6.45, 7) is 0. The number of rotatable bonds is 6. The fraction of sp³-hybridized carbons (Fsp3) is 0. The van der Waals surface area contributed by atoms with E-state index >= 15 is 0 Å². The van der Waals surface area contributed by atoms with Gasteiger partial charge in [0.05, 0.1) is 11.4 Å². The first-order chi connectivity index (χ1) is 20.8. The normalized spacial score (nSPS) is 10.9. The summed E-state index contributed by atoms with van der Waals surface area (Å²) in [5.74, 6) is 0.652. The van der Waals surface area contributed by atoms with Crippen molar-refractivity contribution < 1.29 is 0 Å². The fourth-order valence-electron chi connectivity index (χ4n) is 5.20. The molecule has 0 aliphatic heterocycles. The minimum atomic E-state index is 0.652. The van der Waals surface area contributed by atoms with Crippen LogP contribution in [0.5, 0.6) is 0 Å². The van der Waals surface area contributed by atoms with Crippen LogP contribution in [-0.2, 0) is 0 Å². The van der Waals surface area contributed by atoms with Gasteiger partial charge in [0.2, 0.25) is 0 Å². The Kier molecular flexibility index (Phi) is 6.89. The molecule has 198 valence electrons. The second-order valence-corrected chi connectivity index (χ2v) is 10.2. The van der Waals surface area contributed by atoms with Crippen LogP contribution < -0.4 is 0 Å². The van der Waals surface area contributed by atoms with Crippen molar-refractivity contribution in [2.75, 3.05) is 0 Å². The van der Waals surface area contributed by atoms with Crippen LogP contribution in [0.4, 0.5) is 0 Å². The Balaban J connectivity index is 1.30. The van der Waals surface area contributed by atoms with Gasteiger partial charge in [-0.2, -0.15) is 0 Å². The summed E-state index contributed by atoms with van der Waals surface area (Å²) in [6.07, 6.45) is 3.58. The Labute approximate surface area is 245 Å². The van der Waals surface area contributed by atoms with Gasteiger partial charge in [0.25, 0.3) is 0 Å². The van der Waals surface area contributed by atoms with E-state index < -0.39 is 0 Å². The molecule has 7 aromatic rings. The molecular weight excluding hydrogens is 510 g/mol. The second kappa shape index (κ2) is 11.4. The van der Waals surface area contributed by atoms with Crippen LogP contribution in [0.25, 0.3) is 67.3 Å². The van der Waals surface area contributed by atoms with Crippen LogP contribution in [0.2, 0.25) is 0 Å². The standard InChI is InChI=1S/C39H27N3/c1-3-10-28(11-4-1)30-19-21-31(22-20-30)37-26-38(42-39(41-37)36-18-9-23-40-27-36)35-17-8-16-34(25-35)33-15-7-14-32(24-33)29-12-5-2-6-13-29/h1-27H. The minimum absolute atomic E-state index is 0.652. The zero-order valence-corrected chi connectivity index (χ0v) is 22.9. The number of nitrogens with zero attached hydrogens (tertiary/aromatic N) is 3. The van der Waals surface area contributed by atoms with Crippen molar-refractivity contribution in [1.82, 2.24) is 15.0 Å². The van der Waals surface area contributed by atoms with Gasteiger partial charge < -0.3 is 0 Å². The van der Waals surface area contributed by atoms with Crippen molar-refractivity contribution in [2.24, 2.45) is 0 Å². The summed E-state index contributed by atoms with van der Waals surface area (Å²) in [4.78, 5) is 14.3. The monoisotopic (exact) mass is 537 g/mol. The Morgan fingerprint density at radius 3 is 1.38 bits per heavy atom. The molecule has 0 aliphatic carbocycles. The number of hydrogen-bond acceptors (Lipinski definition) is 3. The lowest BCUT2D eigenvalue weighted by Gasteiger charge is -2.11. The van der Waals surface area contributed by atoms with Crippen LogP contribution in [0.3, 0.4) is 0 Å². The molecule has 42 heavy (non-hydrogen) atoms. The predicted octanol–water partition coefficient (Wildman–Crippen LogP) is 9.87. The van der Waals surface area contributed by atoms with Crippen molar-refractivity contribution in [2.45, 2.75) is 0 Å². The number of benzene rings is 5. The summed E-state index contributed by atoms with van der Waals surface area (Å²) < 4.78 is 0. The van der Waals surface area contributed by atoms with Crippen LogP contribution in [0.1, 0.15) is 0 Å². The molecular formula is C39H27N3. The van der Waals surface area contributed by atoms with Crippen LogP contribution >= 0.6 is 0 Å². The van der Waals surface area contributed by atoms with E-state index in [0.717, 1.165) is 39.2 Å². The maximum atomic E-state index is 5.01. The van der Waals surface area contributed by atoms with E-state index in [0.29, 0.717) is 5.82 Å². The second-order valence-electron chi connectivity index (χ2n) is 10.2. The van der Waals surface area contributed by atoms with Crippen molar-refractivity contribution in [1.29, 1.82) is 0 Å². The topological polar surface area (TPSA) is 38.7 Å². The summed E-state index contributed by atoms with van der Waals surface area (Å²) in [5, 5.41) is 0. The molecule has 2 heterocycles. The highest BCUT2D eigenvalue weighted by atomic mass is 14.9. The molecule has 0 amide bonds. The lowest BCUT2D eigenvalue weighted by molar-refractivity contribution is 1.17. The molecule has 0 saturated heterocycles. The maximum absolute atomic E-state index is 5.01. The average molecular weight is 538 g/mol. The molecule has 0 radical (unpaired) electrons. The number of aromatic nitrogens is 3. The molecule has 0 spiro atoms. The third kappa shape index (κ3) is 5.36. The van der Waals surface area contributed by atoms with E-state index in [1.54, 1.807) is 6.20 Å². The van der Waals surface area contributed by atoms with Gasteiger partial charge in [-0.3, -0.25) is 4.98 Å². The molecule has 0 N–H and O–H groups in total. The fourth-order valence-corrected chi connectivity index (χ4v) is 5.20. The van der Waals surface area contributed by atoms with Gasteiger partial charge in [-0.25, -0.2) is 9.97 Å². The molecule has 0 unspecified atom stereocenters. The van der Waals surface area contributed by atoms with Gasteiger partial charge >= 0.3 is 0 Å². The summed E-state index contributed by atoms with van der Waals surface area (Å²) >= 11 is 0. The zero-order valence-electron chi connectivity index (χ0n) is 22.9. The predicted molar refractivity (Wildman–Crippen MR) is 172 cm³/mol. The first-order valence-electron chi connectivity index (χ1n) is 14.0. The molecule has 0 fully saturated rings. The molecule has 3 nitrogen and oxygen atoms in total. The first kappa shape index (κ1) is 25.3. The lowest BCUT2D eigenvalue weighted by atomic mass is 9.97. The van der Waals surface area contributed by atoms with Gasteiger partial charge in [0, 0.05) is 29.1 Å².